The van der Waals surface area contributed by atoms with Crippen LogP contribution in [0, 0.1) is 11.7 Å². The molecule has 2 aromatic rings. The second-order valence-corrected chi connectivity index (χ2v) is 4.86. The van der Waals surface area contributed by atoms with Crippen molar-refractivity contribution in [2.24, 2.45) is 5.92 Å². The molecule has 0 aliphatic carbocycles. The molecule has 0 radical (unpaired) electrons. The summed E-state index contributed by atoms with van der Waals surface area (Å²) in [6.45, 7) is 1.46. The fourth-order valence-electron chi connectivity index (χ4n) is 1.86. The van der Waals surface area contributed by atoms with Gasteiger partial charge in [0.05, 0.1) is 12.3 Å². The number of aromatic nitrogens is 3. The minimum absolute atomic E-state index is 0.00726. The Bertz CT molecular complexity index is 643. The summed E-state index contributed by atoms with van der Waals surface area (Å²) in [5.74, 6) is -2.33. The molecule has 1 aromatic heterocycles. The number of hydrogen-bond acceptors (Lipinski definition) is 4. The number of carbonyl (C=O) groups excluding carboxylic acids is 1. The maximum Gasteiger partial charge on any atom is 0.308 e. The minimum atomic E-state index is -1.01. The van der Waals surface area contributed by atoms with E-state index in [1.807, 2.05) is 0 Å². The van der Waals surface area contributed by atoms with E-state index in [9.17, 15) is 14.0 Å². The zero-order chi connectivity index (χ0) is 16.1. The number of nitrogens with zero attached hydrogens (tertiary/aromatic N) is 3. The predicted octanol–water partition coefficient (Wildman–Crippen LogP) is 1.24. The van der Waals surface area contributed by atoms with Gasteiger partial charge < -0.3 is 5.11 Å². The number of carboxylic acid groups (broad SMARTS) is 1. The van der Waals surface area contributed by atoms with Crippen molar-refractivity contribution in [3.8, 4) is 0 Å². The van der Waals surface area contributed by atoms with Gasteiger partial charge in [-0.2, -0.15) is 10.1 Å². The maximum atomic E-state index is 12.9. The number of halogens is 1. The first-order valence-corrected chi connectivity index (χ1v) is 6.60. The first-order chi connectivity index (χ1) is 10.5. The zero-order valence-electron chi connectivity index (χ0n) is 11.9. The van der Waals surface area contributed by atoms with Crippen LogP contribution in [-0.4, -0.2) is 38.7 Å². The third-order valence-electron chi connectivity index (χ3n) is 3.11. The summed E-state index contributed by atoms with van der Waals surface area (Å²) in [7, 11) is 0. The summed E-state index contributed by atoms with van der Waals surface area (Å²) in [5.41, 5.74) is 0.624. The second-order valence-electron chi connectivity index (χ2n) is 4.86. The lowest BCUT2D eigenvalue weighted by atomic mass is 10.1. The lowest BCUT2D eigenvalue weighted by Crippen LogP contribution is -2.38. The van der Waals surface area contributed by atoms with Gasteiger partial charge in [-0.1, -0.05) is 19.1 Å². The van der Waals surface area contributed by atoms with Crippen LogP contribution in [0.3, 0.4) is 0 Å². The van der Waals surface area contributed by atoms with Crippen LogP contribution in [0.5, 0.6) is 0 Å². The molecule has 0 saturated heterocycles. The van der Waals surface area contributed by atoms with Gasteiger partial charge in [0.25, 0.3) is 0 Å². The molecule has 0 spiro atoms. The van der Waals surface area contributed by atoms with E-state index in [-0.39, 0.29) is 30.6 Å². The van der Waals surface area contributed by atoms with Crippen molar-refractivity contribution in [2.45, 2.75) is 13.3 Å². The van der Waals surface area contributed by atoms with E-state index in [1.54, 1.807) is 0 Å². The highest BCUT2D eigenvalue weighted by Crippen LogP contribution is 2.13. The van der Waals surface area contributed by atoms with Gasteiger partial charge in [-0.25, -0.2) is 9.49 Å². The Hall–Kier alpha value is -2.77. The average molecular weight is 306 g/mol. The zero-order valence-corrected chi connectivity index (χ0v) is 11.9. The maximum absolute atomic E-state index is 12.9. The van der Waals surface area contributed by atoms with E-state index < -0.39 is 11.9 Å². The molecule has 2 rings (SSSR count). The van der Waals surface area contributed by atoms with Gasteiger partial charge in [-0.3, -0.25) is 14.5 Å². The predicted molar refractivity (Wildman–Crippen MR) is 75.6 cm³/mol. The molecule has 7 nitrogen and oxygen atoms in total. The van der Waals surface area contributed by atoms with Gasteiger partial charge in [-0.15, -0.1) is 0 Å². The molecule has 0 aliphatic rings. The smallest absolute Gasteiger partial charge is 0.308 e. The number of benzene rings is 1. The van der Waals surface area contributed by atoms with Gasteiger partial charge in [-0.05, 0) is 17.7 Å². The van der Waals surface area contributed by atoms with Crippen molar-refractivity contribution in [1.29, 1.82) is 0 Å². The van der Waals surface area contributed by atoms with E-state index in [0.29, 0.717) is 5.56 Å². The van der Waals surface area contributed by atoms with Crippen LogP contribution in [0.15, 0.2) is 30.6 Å². The summed E-state index contributed by atoms with van der Waals surface area (Å²) in [6.07, 6.45) is 1.24. The quantitative estimate of drug-likeness (QED) is 0.836. The summed E-state index contributed by atoms with van der Waals surface area (Å²) < 4.78 is 12.9. The highest BCUT2D eigenvalue weighted by Gasteiger charge is 2.24. The van der Waals surface area contributed by atoms with Crippen LogP contribution >= 0.6 is 0 Å². The lowest BCUT2D eigenvalue weighted by molar-refractivity contribution is -0.140. The number of hydrogen-bond donors (Lipinski definition) is 2. The average Bonchev–Trinajstić information content (AvgIpc) is 3.00. The van der Waals surface area contributed by atoms with Crippen molar-refractivity contribution in [1.82, 2.24) is 15.2 Å². The molecular formula is C14H15FN4O3. The van der Waals surface area contributed by atoms with Crippen LogP contribution < -0.4 is 4.90 Å². The summed E-state index contributed by atoms with van der Waals surface area (Å²) >= 11 is 0. The fourth-order valence-corrected chi connectivity index (χ4v) is 1.86. The molecule has 1 amide bonds. The van der Waals surface area contributed by atoms with Crippen LogP contribution in [0.25, 0.3) is 0 Å². The fraction of sp³-hybridized carbons (Fsp3) is 0.286. The van der Waals surface area contributed by atoms with E-state index in [2.05, 4.69) is 15.2 Å². The van der Waals surface area contributed by atoms with Crippen molar-refractivity contribution in [3.05, 3.63) is 42.0 Å². The van der Waals surface area contributed by atoms with Crippen LogP contribution in [0.4, 0.5) is 10.3 Å². The molecule has 1 aromatic carbocycles. The third kappa shape index (κ3) is 3.87. The van der Waals surface area contributed by atoms with Crippen molar-refractivity contribution in [3.63, 3.8) is 0 Å². The molecule has 22 heavy (non-hydrogen) atoms. The summed E-state index contributed by atoms with van der Waals surface area (Å²) in [6, 6.07) is 5.54. The molecule has 2 N–H and O–H groups in total. The molecule has 1 unspecified atom stereocenters. The molecule has 116 valence electrons. The third-order valence-corrected chi connectivity index (χ3v) is 3.11. The van der Waals surface area contributed by atoms with E-state index >= 15 is 0 Å². The van der Waals surface area contributed by atoms with E-state index in [0.717, 1.165) is 0 Å². The van der Waals surface area contributed by atoms with E-state index in [4.69, 9.17) is 5.11 Å². The molecule has 0 saturated carbocycles. The lowest BCUT2D eigenvalue weighted by Gasteiger charge is -2.21. The van der Waals surface area contributed by atoms with Crippen molar-refractivity contribution >= 4 is 17.8 Å². The number of amides is 1. The number of aromatic amines is 1. The number of rotatable bonds is 6. The Kier molecular flexibility index (Phi) is 4.82. The number of anilines is 1. The van der Waals surface area contributed by atoms with Gasteiger partial charge in [0, 0.05) is 6.54 Å². The number of H-pyrrole nitrogens is 1. The summed E-state index contributed by atoms with van der Waals surface area (Å²) in [5, 5.41) is 15.2. The summed E-state index contributed by atoms with van der Waals surface area (Å²) in [4.78, 5) is 28.5. The number of nitrogens with one attached hydrogen (secondary N) is 1. The topological polar surface area (TPSA) is 99.2 Å². The van der Waals surface area contributed by atoms with Crippen molar-refractivity contribution in [2.75, 3.05) is 11.4 Å². The second kappa shape index (κ2) is 6.79. The molecule has 0 aliphatic heterocycles. The Morgan fingerprint density at radius 3 is 2.59 bits per heavy atom. The van der Waals surface area contributed by atoms with Crippen molar-refractivity contribution < 1.29 is 19.1 Å². The Balaban J connectivity index is 2.15. The molecular weight excluding hydrogens is 291 g/mol. The Morgan fingerprint density at radius 2 is 2.05 bits per heavy atom. The Labute approximate surface area is 125 Å². The highest BCUT2D eigenvalue weighted by molar-refractivity contribution is 5.93. The SMILES string of the molecule is CC(CN(C(=O)Cc1ccc(F)cc1)c1ncn[nH]1)C(=O)O. The number of carbonyl (C=O) groups is 2. The van der Waals surface area contributed by atoms with E-state index in [1.165, 1.54) is 42.4 Å². The number of carboxylic acids is 1. The van der Waals surface area contributed by atoms with Gasteiger partial charge in [0.1, 0.15) is 12.1 Å². The normalized spacial score (nSPS) is 11.9. The molecule has 8 heteroatoms. The van der Waals surface area contributed by atoms with Crippen LogP contribution in [-0.2, 0) is 16.0 Å². The van der Waals surface area contributed by atoms with Crippen LogP contribution in [0.2, 0.25) is 0 Å². The van der Waals surface area contributed by atoms with Crippen LogP contribution in [0.1, 0.15) is 12.5 Å². The first kappa shape index (κ1) is 15.6. The largest absolute Gasteiger partial charge is 0.481 e. The number of aliphatic carboxylic acids is 1. The highest BCUT2D eigenvalue weighted by atomic mass is 19.1. The standard InChI is InChI=1S/C14H15FN4O3/c1-9(13(21)22)7-19(14-16-8-17-18-14)12(20)6-10-2-4-11(15)5-3-10/h2-5,8-9H,6-7H2,1H3,(H,21,22)(H,16,17,18). The molecule has 1 atom stereocenters. The Morgan fingerprint density at radius 1 is 1.36 bits per heavy atom. The van der Waals surface area contributed by atoms with Gasteiger partial charge >= 0.3 is 5.97 Å². The van der Waals surface area contributed by atoms with Gasteiger partial charge in [0.15, 0.2) is 0 Å². The molecule has 0 bridgehead atoms. The first-order valence-electron chi connectivity index (χ1n) is 6.60. The monoisotopic (exact) mass is 306 g/mol. The molecule has 0 fully saturated rings. The van der Waals surface area contributed by atoms with Gasteiger partial charge in [0.2, 0.25) is 11.9 Å². The minimum Gasteiger partial charge on any atom is -0.481 e. The molecule has 1 heterocycles.